The topological polar surface area (TPSA) is 66.6 Å². The van der Waals surface area contributed by atoms with Crippen molar-refractivity contribution in [2.45, 2.75) is 6.42 Å². The molecule has 0 aliphatic carbocycles. The summed E-state index contributed by atoms with van der Waals surface area (Å²) >= 11 is 4.89. The summed E-state index contributed by atoms with van der Waals surface area (Å²) in [5.74, 6) is 0.0311. The van der Waals surface area contributed by atoms with E-state index in [1.165, 1.54) is 4.90 Å². The number of anilines is 1. The number of phenolic OH excluding ortho intramolecular Hbond substituents is 1. The van der Waals surface area contributed by atoms with E-state index in [1.54, 1.807) is 43.4 Å². The lowest BCUT2D eigenvalue weighted by Crippen LogP contribution is -2.26. The standard InChI is InChI=1S/C16H16N2O2S/c1-18(13-5-7-14(19)8-6-13)16(20)12-4-2-3-11(9-12)10-15(17)21/h2-9,19H,10H2,1H3,(H2,17,21). The second-order valence-electron chi connectivity index (χ2n) is 4.72. The molecule has 0 aromatic heterocycles. The van der Waals surface area contributed by atoms with Crippen LogP contribution in [0.25, 0.3) is 0 Å². The van der Waals surface area contributed by atoms with Gasteiger partial charge in [0.05, 0.1) is 4.99 Å². The molecule has 1 amide bonds. The molecule has 0 spiro atoms. The quantitative estimate of drug-likeness (QED) is 0.851. The second kappa shape index (κ2) is 6.37. The number of aromatic hydroxyl groups is 1. The van der Waals surface area contributed by atoms with Crippen LogP contribution in [0, 0.1) is 0 Å². The molecule has 4 nitrogen and oxygen atoms in total. The number of benzene rings is 2. The lowest BCUT2D eigenvalue weighted by atomic mass is 10.1. The first-order valence-electron chi connectivity index (χ1n) is 6.41. The smallest absolute Gasteiger partial charge is 0.258 e. The first kappa shape index (κ1) is 15.0. The van der Waals surface area contributed by atoms with Crippen molar-refractivity contribution in [1.29, 1.82) is 0 Å². The number of carbonyl (C=O) groups is 1. The van der Waals surface area contributed by atoms with Crippen LogP contribution in [-0.4, -0.2) is 23.0 Å². The number of hydrogen-bond donors (Lipinski definition) is 2. The molecule has 0 radical (unpaired) electrons. The third kappa shape index (κ3) is 3.79. The highest BCUT2D eigenvalue weighted by Gasteiger charge is 2.14. The maximum absolute atomic E-state index is 12.5. The first-order valence-corrected chi connectivity index (χ1v) is 6.82. The van der Waals surface area contributed by atoms with Crippen molar-refractivity contribution in [2.24, 2.45) is 5.73 Å². The summed E-state index contributed by atoms with van der Waals surface area (Å²) in [7, 11) is 1.69. The van der Waals surface area contributed by atoms with Crippen LogP contribution in [0.2, 0.25) is 0 Å². The van der Waals surface area contributed by atoms with Crippen molar-refractivity contribution < 1.29 is 9.90 Å². The summed E-state index contributed by atoms with van der Waals surface area (Å²) in [6.07, 6.45) is 0.472. The number of nitrogens with two attached hydrogens (primary N) is 1. The Bertz CT molecular complexity index is 668. The van der Waals surface area contributed by atoms with E-state index in [0.717, 1.165) is 5.56 Å². The van der Waals surface area contributed by atoms with Crippen molar-refractivity contribution in [3.8, 4) is 5.75 Å². The Labute approximate surface area is 128 Å². The zero-order valence-corrected chi connectivity index (χ0v) is 12.4. The van der Waals surface area contributed by atoms with E-state index in [4.69, 9.17) is 18.0 Å². The molecule has 0 aliphatic rings. The normalized spacial score (nSPS) is 10.1. The average molecular weight is 300 g/mol. The molecule has 3 N–H and O–H groups in total. The molecule has 0 bridgehead atoms. The van der Waals surface area contributed by atoms with Crippen LogP contribution < -0.4 is 10.6 Å². The third-order valence-corrected chi connectivity index (χ3v) is 3.24. The Morgan fingerprint density at radius 2 is 1.90 bits per heavy atom. The van der Waals surface area contributed by atoms with E-state index in [2.05, 4.69) is 0 Å². The van der Waals surface area contributed by atoms with Gasteiger partial charge < -0.3 is 15.7 Å². The Morgan fingerprint density at radius 3 is 2.52 bits per heavy atom. The van der Waals surface area contributed by atoms with Crippen molar-refractivity contribution in [3.05, 3.63) is 59.7 Å². The average Bonchev–Trinajstić information content (AvgIpc) is 2.46. The highest BCUT2D eigenvalue weighted by atomic mass is 32.1. The van der Waals surface area contributed by atoms with Gasteiger partial charge >= 0.3 is 0 Å². The van der Waals surface area contributed by atoms with Crippen molar-refractivity contribution >= 4 is 28.8 Å². The molecule has 108 valence electrons. The van der Waals surface area contributed by atoms with Crippen LogP contribution in [-0.2, 0) is 6.42 Å². The first-order chi connectivity index (χ1) is 9.97. The molecule has 0 atom stereocenters. The number of hydrogen-bond acceptors (Lipinski definition) is 3. The molecule has 0 saturated carbocycles. The maximum atomic E-state index is 12.5. The fourth-order valence-corrected chi connectivity index (χ4v) is 2.17. The highest BCUT2D eigenvalue weighted by molar-refractivity contribution is 7.80. The van der Waals surface area contributed by atoms with Gasteiger partial charge in [0.2, 0.25) is 0 Å². The summed E-state index contributed by atoms with van der Waals surface area (Å²) in [5, 5.41) is 9.29. The molecule has 5 heteroatoms. The van der Waals surface area contributed by atoms with Gasteiger partial charge in [-0.1, -0.05) is 24.4 Å². The zero-order valence-electron chi connectivity index (χ0n) is 11.6. The predicted molar refractivity (Wildman–Crippen MR) is 87.8 cm³/mol. The second-order valence-corrected chi connectivity index (χ2v) is 5.25. The van der Waals surface area contributed by atoms with Gasteiger partial charge in [0.25, 0.3) is 5.91 Å². The molecular weight excluding hydrogens is 284 g/mol. The fourth-order valence-electron chi connectivity index (χ4n) is 2.00. The van der Waals surface area contributed by atoms with Crippen LogP contribution in [0.3, 0.4) is 0 Å². The molecule has 2 rings (SSSR count). The van der Waals surface area contributed by atoms with E-state index in [1.807, 2.05) is 12.1 Å². The molecule has 2 aromatic carbocycles. The monoisotopic (exact) mass is 300 g/mol. The summed E-state index contributed by atoms with van der Waals surface area (Å²) in [5.41, 5.74) is 7.71. The number of rotatable bonds is 4. The van der Waals surface area contributed by atoms with Gasteiger partial charge in [-0.05, 0) is 42.0 Å². The van der Waals surface area contributed by atoms with E-state index in [9.17, 15) is 9.90 Å². The third-order valence-electron chi connectivity index (χ3n) is 3.09. The van der Waals surface area contributed by atoms with E-state index in [-0.39, 0.29) is 11.7 Å². The van der Waals surface area contributed by atoms with Crippen LogP contribution in [0.1, 0.15) is 15.9 Å². The van der Waals surface area contributed by atoms with Gasteiger partial charge in [0.1, 0.15) is 5.75 Å². The van der Waals surface area contributed by atoms with E-state index < -0.39 is 0 Å². The lowest BCUT2D eigenvalue weighted by Gasteiger charge is -2.18. The van der Waals surface area contributed by atoms with Crippen molar-refractivity contribution in [3.63, 3.8) is 0 Å². The Hall–Kier alpha value is -2.40. The Kier molecular flexibility index (Phi) is 4.55. The van der Waals surface area contributed by atoms with Gasteiger partial charge in [-0.2, -0.15) is 0 Å². The minimum Gasteiger partial charge on any atom is -0.508 e. The molecule has 0 unspecified atom stereocenters. The van der Waals surface area contributed by atoms with Crippen molar-refractivity contribution in [2.75, 3.05) is 11.9 Å². The van der Waals surface area contributed by atoms with E-state index >= 15 is 0 Å². The molecule has 0 fully saturated rings. The minimum absolute atomic E-state index is 0.134. The lowest BCUT2D eigenvalue weighted by molar-refractivity contribution is 0.0993. The molecule has 2 aromatic rings. The highest BCUT2D eigenvalue weighted by Crippen LogP contribution is 2.19. The molecular formula is C16H16N2O2S. The zero-order chi connectivity index (χ0) is 15.4. The summed E-state index contributed by atoms with van der Waals surface area (Å²) in [6, 6.07) is 13.7. The molecule has 0 heterocycles. The van der Waals surface area contributed by atoms with Crippen LogP contribution in [0.4, 0.5) is 5.69 Å². The number of carbonyl (C=O) groups excluding carboxylic acids is 1. The molecule has 0 aliphatic heterocycles. The maximum Gasteiger partial charge on any atom is 0.258 e. The fraction of sp³-hybridized carbons (Fsp3) is 0.125. The summed E-state index contributed by atoms with van der Waals surface area (Å²) in [6.45, 7) is 0. The van der Waals surface area contributed by atoms with Gasteiger partial charge in [-0.15, -0.1) is 0 Å². The molecule has 21 heavy (non-hydrogen) atoms. The largest absolute Gasteiger partial charge is 0.508 e. The van der Waals surface area contributed by atoms with Crippen LogP contribution >= 0.6 is 12.2 Å². The minimum atomic E-state index is -0.134. The Morgan fingerprint density at radius 1 is 1.24 bits per heavy atom. The SMILES string of the molecule is CN(C(=O)c1cccc(CC(N)=S)c1)c1ccc(O)cc1. The number of nitrogens with zero attached hydrogens (tertiary/aromatic N) is 1. The van der Waals surface area contributed by atoms with Crippen LogP contribution in [0.15, 0.2) is 48.5 Å². The van der Waals surface area contributed by atoms with E-state index in [0.29, 0.717) is 22.7 Å². The number of phenols is 1. The van der Waals surface area contributed by atoms with Gasteiger partial charge in [0.15, 0.2) is 0 Å². The van der Waals surface area contributed by atoms with Crippen molar-refractivity contribution in [1.82, 2.24) is 0 Å². The molecule has 0 saturated heterocycles. The van der Waals surface area contributed by atoms with Gasteiger partial charge in [-0.25, -0.2) is 0 Å². The summed E-state index contributed by atoms with van der Waals surface area (Å²) in [4.78, 5) is 14.4. The van der Waals surface area contributed by atoms with Gasteiger partial charge in [0, 0.05) is 24.7 Å². The van der Waals surface area contributed by atoms with Crippen LogP contribution in [0.5, 0.6) is 5.75 Å². The van der Waals surface area contributed by atoms with Gasteiger partial charge in [-0.3, -0.25) is 4.79 Å². The number of thiocarbonyl (C=S) groups is 1. The predicted octanol–water partition coefficient (Wildman–Crippen LogP) is 2.50. The number of amides is 1. The Balaban J connectivity index is 2.22. The summed E-state index contributed by atoms with van der Waals surface area (Å²) < 4.78 is 0.